The van der Waals surface area contributed by atoms with E-state index in [1.807, 2.05) is 18.2 Å². The number of hydrogen-bond acceptors (Lipinski definition) is 4. The van der Waals surface area contributed by atoms with Gasteiger partial charge in [0, 0.05) is 26.9 Å². The molecular formula is C14H12BrNO3S. The van der Waals surface area contributed by atoms with Crippen LogP contribution in [0.25, 0.3) is 0 Å². The van der Waals surface area contributed by atoms with Gasteiger partial charge >= 0.3 is 5.97 Å². The lowest BCUT2D eigenvalue weighted by molar-refractivity contribution is 0.0690. The van der Waals surface area contributed by atoms with Gasteiger partial charge in [-0.05, 0) is 30.3 Å². The number of aromatic carboxylic acids is 1. The maximum atomic E-state index is 10.9. The van der Waals surface area contributed by atoms with Crippen LogP contribution >= 0.6 is 27.7 Å². The van der Waals surface area contributed by atoms with Crippen LogP contribution in [0.3, 0.4) is 0 Å². The predicted molar refractivity (Wildman–Crippen MR) is 81.5 cm³/mol. The van der Waals surface area contributed by atoms with Gasteiger partial charge in [-0.15, -0.1) is 11.8 Å². The van der Waals surface area contributed by atoms with Crippen molar-refractivity contribution in [2.75, 3.05) is 7.11 Å². The summed E-state index contributed by atoms with van der Waals surface area (Å²) >= 11 is 4.97. The third-order valence-corrected chi connectivity index (χ3v) is 4.12. The van der Waals surface area contributed by atoms with Gasteiger partial charge in [0.15, 0.2) is 0 Å². The highest BCUT2D eigenvalue weighted by Gasteiger charge is 2.08. The monoisotopic (exact) mass is 353 g/mol. The Balaban J connectivity index is 2.14. The minimum atomic E-state index is -1.02. The van der Waals surface area contributed by atoms with E-state index in [0.29, 0.717) is 5.75 Å². The first-order valence-corrected chi connectivity index (χ1v) is 7.52. The lowest BCUT2D eigenvalue weighted by atomic mass is 10.2. The van der Waals surface area contributed by atoms with Crippen molar-refractivity contribution in [3.63, 3.8) is 0 Å². The van der Waals surface area contributed by atoms with E-state index in [0.717, 1.165) is 20.7 Å². The zero-order valence-electron chi connectivity index (χ0n) is 10.7. The smallest absolute Gasteiger partial charge is 0.354 e. The molecule has 0 aliphatic rings. The lowest BCUT2D eigenvalue weighted by Crippen LogP contribution is -1.99. The van der Waals surface area contributed by atoms with Crippen LogP contribution < -0.4 is 4.74 Å². The Morgan fingerprint density at radius 2 is 2.20 bits per heavy atom. The van der Waals surface area contributed by atoms with Gasteiger partial charge in [0.1, 0.15) is 11.4 Å². The standard InChI is InChI=1S/C14H12BrNO3S/c1-19-13-3-2-10(15)6-9(13)8-20-11-4-5-16-12(7-11)14(17)18/h2-7H,8H2,1H3,(H,17,18). The number of rotatable bonds is 5. The first-order chi connectivity index (χ1) is 9.60. The molecule has 2 aromatic rings. The van der Waals surface area contributed by atoms with Crippen molar-refractivity contribution in [1.82, 2.24) is 4.98 Å². The van der Waals surface area contributed by atoms with Crippen molar-refractivity contribution < 1.29 is 14.6 Å². The first-order valence-electron chi connectivity index (χ1n) is 5.74. The van der Waals surface area contributed by atoms with E-state index < -0.39 is 5.97 Å². The number of thioether (sulfide) groups is 1. The zero-order chi connectivity index (χ0) is 14.5. The van der Waals surface area contributed by atoms with Gasteiger partial charge in [-0.25, -0.2) is 9.78 Å². The number of carboxylic acid groups (broad SMARTS) is 1. The third kappa shape index (κ3) is 3.74. The number of carboxylic acids is 1. The Labute approximate surface area is 129 Å². The van der Waals surface area contributed by atoms with Gasteiger partial charge in [0.2, 0.25) is 0 Å². The highest BCUT2D eigenvalue weighted by Crippen LogP contribution is 2.30. The van der Waals surface area contributed by atoms with Crippen molar-refractivity contribution >= 4 is 33.7 Å². The molecule has 0 amide bonds. The van der Waals surface area contributed by atoms with Crippen LogP contribution in [-0.4, -0.2) is 23.2 Å². The molecule has 1 N–H and O–H groups in total. The van der Waals surface area contributed by atoms with Crippen molar-refractivity contribution in [1.29, 1.82) is 0 Å². The molecular weight excluding hydrogens is 342 g/mol. The van der Waals surface area contributed by atoms with Crippen LogP contribution in [0.15, 0.2) is 45.9 Å². The minimum absolute atomic E-state index is 0.0520. The summed E-state index contributed by atoms with van der Waals surface area (Å²) in [6.07, 6.45) is 1.50. The van der Waals surface area contributed by atoms with Gasteiger partial charge in [-0.1, -0.05) is 15.9 Å². The van der Waals surface area contributed by atoms with E-state index in [1.165, 1.54) is 18.0 Å². The summed E-state index contributed by atoms with van der Waals surface area (Å²) in [5.74, 6) is 0.479. The summed E-state index contributed by atoms with van der Waals surface area (Å²) in [4.78, 5) is 15.5. The number of aromatic nitrogens is 1. The highest BCUT2D eigenvalue weighted by molar-refractivity contribution is 9.10. The summed E-state index contributed by atoms with van der Waals surface area (Å²) in [6.45, 7) is 0. The first kappa shape index (κ1) is 14.9. The molecule has 1 aromatic heterocycles. The van der Waals surface area contributed by atoms with Crippen LogP contribution in [0.4, 0.5) is 0 Å². The second-order valence-electron chi connectivity index (χ2n) is 3.93. The average Bonchev–Trinajstić information content (AvgIpc) is 2.45. The molecule has 0 unspecified atom stereocenters. The molecule has 0 bridgehead atoms. The summed E-state index contributed by atoms with van der Waals surface area (Å²) in [7, 11) is 1.63. The van der Waals surface area contributed by atoms with E-state index >= 15 is 0 Å². The van der Waals surface area contributed by atoms with Crippen LogP contribution in [0, 0.1) is 0 Å². The van der Waals surface area contributed by atoms with Crippen LogP contribution in [-0.2, 0) is 5.75 Å². The second kappa shape index (κ2) is 6.76. The lowest BCUT2D eigenvalue weighted by Gasteiger charge is -2.09. The van der Waals surface area contributed by atoms with Crippen molar-refractivity contribution in [3.05, 3.63) is 52.3 Å². The van der Waals surface area contributed by atoms with Gasteiger partial charge < -0.3 is 9.84 Å². The molecule has 0 radical (unpaired) electrons. The Kier molecular flexibility index (Phi) is 5.03. The van der Waals surface area contributed by atoms with Crippen molar-refractivity contribution in [2.45, 2.75) is 10.6 Å². The van der Waals surface area contributed by atoms with Gasteiger partial charge in [-0.2, -0.15) is 0 Å². The van der Waals surface area contributed by atoms with Crippen LogP contribution in [0.5, 0.6) is 5.75 Å². The van der Waals surface area contributed by atoms with Crippen LogP contribution in [0.2, 0.25) is 0 Å². The topological polar surface area (TPSA) is 59.4 Å². The van der Waals surface area contributed by atoms with Gasteiger partial charge in [0.25, 0.3) is 0 Å². The fourth-order valence-electron chi connectivity index (χ4n) is 1.64. The summed E-state index contributed by atoms with van der Waals surface area (Å²) in [5.41, 5.74) is 1.09. The predicted octanol–water partition coefficient (Wildman–Crippen LogP) is 3.84. The summed E-state index contributed by atoms with van der Waals surface area (Å²) in [6, 6.07) is 9.17. The van der Waals surface area contributed by atoms with E-state index in [4.69, 9.17) is 9.84 Å². The average molecular weight is 354 g/mol. The quantitative estimate of drug-likeness (QED) is 0.827. The normalized spacial score (nSPS) is 10.3. The van der Waals surface area contributed by atoms with E-state index in [1.54, 1.807) is 19.2 Å². The molecule has 0 atom stereocenters. The van der Waals surface area contributed by atoms with Gasteiger partial charge in [-0.3, -0.25) is 0 Å². The Morgan fingerprint density at radius 1 is 1.40 bits per heavy atom. The highest BCUT2D eigenvalue weighted by atomic mass is 79.9. The summed E-state index contributed by atoms with van der Waals surface area (Å²) < 4.78 is 6.29. The number of carbonyl (C=O) groups is 1. The second-order valence-corrected chi connectivity index (χ2v) is 5.89. The zero-order valence-corrected chi connectivity index (χ0v) is 13.1. The molecule has 0 saturated heterocycles. The molecule has 0 aliphatic carbocycles. The number of halogens is 1. The number of hydrogen-bond donors (Lipinski definition) is 1. The molecule has 0 aliphatic heterocycles. The van der Waals surface area contributed by atoms with Crippen LogP contribution in [0.1, 0.15) is 16.1 Å². The van der Waals surface area contributed by atoms with E-state index in [9.17, 15) is 4.79 Å². The number of pyridine rings is 1. The number of ether oxygens (including phenoxy) is 1. The number of benzene rings is 1. The SMILES string of the molecule is COc1ccc(Br)cc1CSc1ccnc(C(=O)O)c1. The molecule has 0 spiro atoms. The molecule has 4 nitrogen and oxygen atoms in total. The maximum absolute atomic E-state index is 10.9. The molecule has 20 heavy (non-hydrogen) atoms. The van der Waals surface area contributed by atoms with E-state index in [2.05, 4.69) is 20.9 Å². The van der Waals surface area contributed by atoms with E-state index in [-0.39, 0.29) is 5.69 Å². The number of nitrogens with zero attached hydrogens (tertiary/aromatic N) is 1. The fourth-order valence-corrected chi connectivity index (χ4v) is 2.95. The Morgan fingerprint density at radius 3 is 2.90 bits per heavy atom. The molecule has 104 valence electrons. The van der Waals surface area contributed by atoms with Crippen molar-refractivity contribution in [2.24, 2.45) is 0 Å². The molecule has 0 fully saturated rings. The van der Waals surface area contributed by atoms with Gasteiger partial charge in [0.05, 0.1) is 7.11 Å². The minimum Gasteiger partial charge on any atom is -0.496 e. The fraction of sp³-hybridized carbons (Fsp3) is 0.143. The Hall–Kier alpha value is -1.53. The third-order valence-electron chi connectivity index (χ3n) is 2.59. The van der Waals surface area contributed by atoms with Crippen molar-refractivity contribution in [3.8, 4) is 5.75 Å². The molecule has 1 aromatic carbocycles. The molecule has 0 saturated carbocycles. The largest absolute Gasteiger partial charge is 0.496 e. The maximum Gasteiger partial charge on any atom is 0.354 e. The molecule has 6 heteroatoms. The Bertz CT molecular complexity index is 634. The summed E-state index contributed by atoms with van der Waals surface area (Å²) in [5, 5.41) is 8.92. The number of methoxy groups -OCH3 is 1. The molecule has 1 heterocycles. The molecule has 2 rings (SSSR count).